The molecular formula is C17H31ClO3. The number of halogens is 1. The van der Waals surface area contributed by atoms with E-state index in [1.54, 1.807) is 31.2 Å². The molecule has 3 nitrogen and oxygen atoms in total. The van der Waals surface area contributed by atoms with Crippen molar-refractivity contribution in [3.63, 3.8) is 0 Å². The van der Waals surface area contributed by atoms with Crippen molar-refractivity contribution < 1.29 is 14.6 Å². The van der Waals surface area contributed by atoms with Crippen LogP contribution in [0.25, 0.3) is 0 Å². The molecule has 0 aromatic carbocycles. The van der Waals surface area contributed by atoms with E-state index >= 15 is 0 Å². The van der Waals surface area contributed by atoms with E-state index in [2.05, 4.69) is 6.58 Å². The lowest BCUT2D eigenvalue weighted by atomic mass is 9.91. The normalized spacial score (nSPS) is 10.9. The molecule has 0 rings (SSSR count). The SMILES string of the molecule is C=C/C=C\C(O)=C/C.CCCl.CCOC(=O)C(C)(C)CC. The van der Waals surface area contributed by atoms with Crippen molar-refractivity contribution >= 4 is 17.6 Å². The Balaban J connectivity index is -0.000000264. The molecule has 0 atom stereocenters. The van der Waals surface area contributed by atoms with Crippen LogP contribution in [0.2, 0.25) is 0 Å². The number of carbonyl (C=O) groups excluding carboxylic acids is 1. The Bertz CT molecular complexity index is 318. The second kappa shape index (κ2) is 16.8. The van der Waals surface area contributed by atoms with Crippen molar-refractivity contribution in [2.45, 2.75) is 48.0 Å². The van der Waals surface area contributed by atoms with E-state index in [0.717, 1.165) is 12.3 Å². The lowest BCUT2D eigenvalue weighted by Gasteiger charge is -2.19. The molecule has 0 aromatic rings. The molecule has 124 valence electrons. The van der Waals surface area contributed by atoms with Gasteiger partial charge in [0.1, 0.15) is 5.76 Å². The highest BCUT2D eigenvalue weighted by Crippen LogP contribution is 2.20. The Morgan fingerprint density at radius 1 is 1.33 bits per heavy atom. The van der Waals surface area contributed by atoms with Gasteiger partial charge in [-0.1, -0.05) is 32.6 Å². The highest BCUT2D eigenvalue weighted by Gasteiger charge is 2.26. The number of aliphatic hydroxyl groups is 1. The maximum Gasteiger partial charge on any atom is 0.311 e. The van der Waals surface area contributed by atoms with Gasteiger partial charge in [-0.3, -0.25) is 4.79 Å². The molecule has 0 aliphatic carbocycles. The average Bonchev–Trinajstić information content (AvgIpc) is 2.46. The zero-order valence-corrected chi connectivity index (χ0v) is 15.0. The van der Waals surface area contributed by atoms with Gasteiger partial charge in [0, 0.05) is 5.88 Å². The minimum Gasteiger partial charge on any atom is -0.508 e. The predicted molar refractivity (Wildman–Crippen MR) is 92.8 cm³/mol. The van der Waals surface area contributed by atoms with Crippen LogP contribution in [0.4, 0.5) is 0 Å². The number of alkyl halides is 1. The fourth-order valence-electron chi connectivity index (χ4n) is 0.734. The van der Waals surface area contributed by atoms with Crippen molar-refractivity contribution in [3.05, 3.63) is 36.6 Å². The van der Waals surface area contributed by atoms with Crippen molar-refractivity contribution in [3.8, 4) is 0 Å². The number of carbonyl (C=O) groups is 1. The van der Waals surface area contributed by atoms with Crippen LogP contribution in [0.5, 0.6) is 0 Å². The van der Waals surface area contributed by atoms with Crippen LogP contribution in [0.3, 0.4) is 0 Å². The number of hydrogen-bond acceptors (Lipinski definition) is 3. The molecule has 0 aromatic heterocycles. The average molecular weight is 319 g/mol. The zero-order valence-electron chi connectivity index (χ0n) is 14.3. The van der Waals surface area contributed by atoms with E-state index in [9.17, 15) is 4.79 Å². The molecule has 0 fully saturated rings. The first kappa shape index (κ1) is 24.8. The fraction of sp³-hybridized carbons (Fsp3) is 0.588. The molecule has 0 aliphatic rings. The van der Waals surface area contributed by atoms with E-state index in [4.69, 9.17) is 21.4 Å². The second-order valence-corrected chi connectivity index (χ2v) is 5.07. The van der Waals surface area contributed by atoms with Crippen molar-refractivity contribution in [1.82, 2.24) is 0 Å². The lowest BCUT2D eigenvalue weighted by molar-refractivity contribution is -0.153. The topological polar surface area (TPSA) is 46.5 Å². The molecule has 0 saturated heterocycles. The minimum absolute atomic E-state index is 0.0995. The molecule has 4 heteroatoms. The van der Waals surface area contributed by atoms with Gasteiger partial charge < -0.3 is 9.84 Å². The van der Waals surface area contributed by atoms with Gasteiger partial charge in [0.2, 0.25) is 0 Å². The van der Waals surface area contributed by atoms with Crippen molar-refractivity contribution in [2.24, 2.45) is 5.41 Å². The van der Waals surface area contributed by atoms with Gasteiger partial charge >= 0.3 is 5.97 Å². The summed E-state index contributed by atoms with van der Waals surface area (Å²) < 4.78 is 4.86. The minimum atomic E-state index is -0.310. The van der Waals surface area contributed by atoms with Gasteiger partial charge in [0.15, 0.2) is 0 Å². The van der Waals surface area contributed by atoms with E-state index in [1.165, 1.54) is 0 Å². The van der Waals surface area contributed by atoms with E-state index in [0.29, 0.717) is 6.61 Å². The maximum atomic E-state index is 11.1. The molecule has 0 heterocycles. The van der Waals surface area contributed by atoms with Crippen LogP contribution in [0, 0.1) is 5.41 Å². The number of allylic oxidation sites excluding steroid dienone is 4. The number of ether oxygens (including phenoxy) is 1. The Morgan fingerprint density at radius 3 is 2.10 bits per heavy atom. The molecule has 0 saturated carbocycles. The Hall–Kier alpha value is -1.22. The Morgan fingerprint density at radius 2 is 1.81 bits per heavy atom. The molecule has 21 heavy (non-hydrogen) atoms. The van der Waals surface area contributed by atoms with Crippen LogP contribution in [0.1, 0.15) is 48.0 Å². The maximum absolute atomic E-state index is 11.1. The van der Waals surface area contributed by atoms with Crippen LogP contribution in [-0.4, -0.2) is 23.6 Å². The first-order valence-electron chi connectivity index (χ1n) is 7.14. The number of rotatable bonds is 5. The summed E-state index contributed by atoms with van der Waals surface area (Å²) in [6.45, 7) is 15.2. The summed E-state index contributed by atoms with van der Waals surface area (Å²) >= 11 is 5.00. The van der Waals surface area contributed by atoms with E-state index in [1.807, 2.05) is 34.6 Å². The quantitative estimate of drug-likeness (QED) is 0.318. The lowest BCUT2D eigenvalue weighted by Crippen LogP contribution is -2.25. The number of aliphatic hydroxyl groups excluding tert-OH is 1. The van der Waals surface area contributed by atoms with Gasteiger partial charge in [-0.15, -0.1) is 11.6 Å². The molecule has 0 amide bonds. The molecule has 0 unspecified atom stereocenters. The molecule has 0 radical (unpaired) electrons. The zero-order chi connectivity index (χ0) is 17.3. The van der Waals surface area contributed by atoms with Crippen LogP contribution < -0.4 is 0 Å². The summed E-state index contributed by atoms with van der Waals surface area (Å²) in [7, 11) is 0. The van der Waals surface area contributed by atoms with Crippen LogP contribution in [-0.2, 0) is 9.53 Å². The third-order valence-corrected chi connectivity index (χ3v) is 2.41. The van der Waals surface area contributed by atoms with Crippen molar-refractivity contribution in [1.29, 1.82) is 0 Å². The summed E-state index contributed by atoms with van der Waals surface area (Å²) in [5.74, 6) is 0.891. The van der Waals surface area contributed by atoms with E-state index in [-0.39, 0.29) is 17.1 Å². The third-order valence-electron chi connectivity index (χ3n) is 2.41. The highest BCUT2D eigenvalue weighted by atomic mass is 35.5. The van der Waals surface area contributed by atoms with Gasteiger partial charge in [-0.25, -0.2) is 0 Å². The van der Waals surface area contributed by atoms with Crippen LogP contribution in [0.15, 0.2) is 36.6 Å². The van der Waals surface area contributed by atoms with Gasteiger partial charge in [-0.2, -0.15) is 0 Å². The van der Waals surface area contributed by atoms with Gasteiger partial charge in [-0.05, 0) is 46.3 Å². The second-order valence-electron chi connectivity index (χ2n) is 4.53. The van der Waals surface area contributed by atoms with Crippen LogP contribution >= 0.6 is 11.6 Å². The number of esters is 1. The fourth-order valence-corrected chi connectivity index (χ4v) is 0.734. The summed E-state index contributed by atoms with van der Waals surface area (Å²) in [5.41, 5.74) is -0.310. The van der Waals surface area contributed by atoms with Gasteiger partial charge in [0.25, 0.3) is 0 Å². The molecule has 0 aliphatic heterocycles. The predicted octanol–water partition coefficient (Wildman–Crippen LogP) is 5.42. The summed E-state index contributed by atoms with van der Waals surface area (Å²) in [6, 6.07) is 0. The largest absolute Gasteiger partial charge is 0.508 e. The smallest absolute Gasteiger partial charge is 0.311 e. The molecule has 0 bridgehead atoms. The molecule has 0 spiro atoms. The summed E-state index contributed by atoms with van der Waals surface area (Å²) in [6.07, 6.45) is 7.30. The third kappa shape index (κ3) is 18.8. The van der Waals surface area contributed by atoms with E-state index < -0.39 is 0 Å². The summed E-state index contributed by atoms with van der Waals surface area (Å²) in [4.78, 5) is 11.1. The summed E-state index contributed by atoms with van der Waals surface area (Å²) in [5, 5.41) is 8.72. The first-order valence-corrected chi connectivity index (χ1v) is 7.68. The molecular weight excluding hydrogens is 288 g/mol. The van der Waals surface area contributed by atoms with Gasteiger partial charge in [0.05, 0.1) is 12.0 Å². The molecule has 1 N–H and O–H groups in total. The number of hydrogen-bond donors (Lipinski definition) is 1. The highest BCUT2D eigenvalue weighted by molar-refractivity contribution is 6.17. The monoisotopic (exact) mass is 318 g/mol. The standard InChI is InChI=1S/C8H16O2.C7H10O.C2H5Cl/c1-5-8(3,4)7(9)10-6-2;1-3-5-6-7(8)4-2;1-2-3/h5-6H2,1-4H3;3-6,8H,1H2,2H3;2H2,1H3/b;6-5-,7-4+;. The Labute approximate surface area is 135 Å². The Kier molecular flexibility index (Phi) is 19.9. The van der Waals surface area contributed by atoms with Crippen molar-refractivity contribution in [2.75, 3.05) is 12.5 Å². The first-order chi connectivity index (χ1) is 9.76.